The first-order valence-electron chi connectivity index (χ1n) is 8.21. The van der Waals surface area contributed by atoms with Gasteiger partial charge < -0.3 is 15.4 Å². The molecule has 0 spiro atoms. The van der Waals surface area contributed by atoms with Gasteiger partial charge in [-0.25, -0.2) is 22.9 Å². The van der Waals surface area contributed by atoms with Crippen LogP contribution in [0.1, 0.15) is 0 Å². The second kappa shape index (κ2) is 8.55. The van der Waals surface area contributed by atoms with Crippen molar-refractivity contribution in [2.75, 3.05) is 17.2 Å². The molecule has 1 aromatic heterocycles. The van der Waals surface area contributed by atoms with E-state index in [0.717, 1.165) is 6.20 Å². The number of aromatic nitrogens is 2. The van der Waals surface area contributed by atoms with E-state index in [9.17, 15) is 12.8 Å². The first-order valence-corrected chi connectivity index (χ1v) is 9.75. The molecule has 2 aromatic carbocycles. The van der Waals surface area contributed by atoms with Crippen molar-refractivity contribution in [3.05, 3.63) is 60.5 Å². The molecule has 0 atom stereocenters. The van der Waals surface area contributed by atoms with E-state index in [1.165, 1.54) is 24.3 Å². The normalized spacial score (nSPS) is 10.8. The van der Waals surface area contributed by atoms with E-state index in [0.29, 0.717) is 17.1 Å². The highest BCUT2D eigenvalue weighted by Crippen LogP contribution is 2.23. The van der Waals surface area contributed by atoms with Gasteiger partial charge in [0.25, 0.3) is 0 Å². The predicted octanol–water partition coefficient (Wildman–Crippen LogP) is 2.76. The molecule has 8 nitrogen and oxygen atoms in total. The van der Waals surface area contributed by atoms with Gasteiger partial charge in [0.15, 0.2) is 11.6 Å². The van der Waals surface area contributed by atoms with E-state index in [2.05, 4.69) is 26.5 Å². The fourth-order valence-corrected chi connectivity index (χ4v) is 2.78. The van der Waals surface area contributed by atoms with Crippen LogP contribution in [0.25, 0.3) is 0 Å². The van der Waals surface area contributed by atoms with E-state index in [1.54, 1.807) is 24.3 Å². The van der Waals surface area contributed by atoms with Gasteiger partial charge >= 0.3 is 0 Å². The highest BCUT2D eigenvalue weighted by Gasteiger charge is 2.10. The molecule has 0 fully saturated rings. The zero-order chi connectivity index (χ0) is 20.9. The Morgan fingerprint density at radius 1 is 1.07 bits per heavy atom. The molecule has 3 rings (SSSR count). The van der Waals surface area contributed by atoms with E-state index < -0.39 is 15.8 Å². The van der Waals surface area contributed by atoms with Crippen molar-refractivity contribution in [3.8, 4) is 18.1 Å². The Balaban J connectivity index is 1.73. The molecule has 10 heteroatoms. The Hall–Kier alpha value is -3.68. The SMILES string of the molecule is C#CCOc1ccc(Nc2nc(Nc3ccc(S(N)(=O)=O)cc3)ncc2F)cc1. The number of nitrogens with zero attached hydrogens (tertiary/aromatic N) is 2. The number of benzene rings is 2. The van der Waals surface area contributed by atoms with Crippen LogP contribution in [0.5, 0.6) is 5.75 Å². The largest absolute Gasteiger partial charge is 0.481 e. The average molecular weight is 413 g/mol. The molecule has 4 N–H and O–H groups in total. The van der Waals surface area contributed by atoms with E-state index in [-0.39, 0.29) is 23.3 Å². The topological polar surface area (TPSA) is 119 Å². The third-order valence-electron chi connectivity index (χ3n) is 3.62. The van der Waals surface area contributed by atoms with Crippen LogP contribution < -0.4 is 20.5 Å². The van der Waals surface area contributed by atoms with Gasteiger partial charge in [0, 0.05) is 11.4 Å². The molecule has 0 amide bonds. The summed E-state index contributed by atoms with van der Waals surface area (Å²) in [6, 6.07) is 12.4. The first kappa shape index (κ1) is 20.1. The number of nitrogens with one attached hydrogen (secondary N) is 2. The number of terminal acetylenes is 1. The standard InChI is InChI=1S/C19H16FN5O3S/c1-2-11-28-15-7-3-13(4-8-15)23-18-17(20)12-22-19(25-18)24-14-5-9-16(10-6-14)29(21,26)27/h1,3-10,12H,11H2,(H2,21,26,27)(H2,22,23,24,25). The van der Waals surface area contributed by atoms with Gasteiger partial charge in [-0.2, -0.15) is 4.98 Å². The maximum atomic E-state index is 14.1. The number of nitrogens with two attached hydrogens (primary N) is 1. The summed E-state index contributed by atoms with van der Waals surface area (Å²) >= 11 is 0. The van der Waals surface area contributed by atoms with Gasteiger partial charge in [0.2, 0.25) is 16.0 Å². The molecule has 0 unspecified atom stereocenters. The van der Waals surface area contributed by atoms with Crippen molar-refractivity contribution >= 4 is 33.2 Å². The van der Waals surface area contributed by atoms with Crippen LogP contribution in [0.4, 0.5) is 27.5 Å². The summed E-state index contributed by atoms with van der Waals surface area (Å²) in [5.74, 6) is 2.38. The number of halogens is 1. The second-order valence-corrected chi connectivity index (χ2v) is 7.29. The summed E-state index contributed by atoms with van der Waals surface area (Å²) in [6.07, 6.45) is 6.15. The minimum Gasteiger partial charge on any atom is -0.481 e. The fourth-order valence-electron chi connectivity index (χ4n) is 2.27. The van der Waals surface area contributed by atoms with Crippen molar-refractivity contribution in [1.29, 1.82) is 0 Å². The van der Waals surface area contributed by atoms with Crippen LogP contribution in [0.3, 0.4) is 0 Å². The van der Waals surface area contributed by atoms with Gasteiger partial charge in [0.1, 0.15) is 12.4 Å². The van der Waals surface area contributed by atoms with E-state index in [4.69, 9.17) is 16.3 Å². The van der Waals surface area contributed by atoms with Gasteiger partial charge in [0.05, 0.1) is 11.1 Å². The van der Waals surface area contributed by atoms with Crippen LogP contribution in [0, 0.1) is 18.2 Å². The van der Waals surface area contributed by atoms with Crippen molar-refractivity contribution in [3.63, 3.8) is 0 Å². The number of hydrogen-bond acceptors (Lipinski definition) is 7. The second-order valence-electron chi connectivity index (χ2n) is 5.73. The smallest absolute Gasteiger partial charge is 0.238 e. The summed E-state index contributed by atoms with van der Waals surface area (Å²) in [6.45, 7) is 0.153. The summed E-state index contributed by atoms with van der Waals surface area (Å²) in [5, 5.41) is 10.8. The predicted molar refractivity (Wildman–Crippen MR) is 107 cm³/mol. The highest BCUT2D eigenvalue weighted by atomic mass is 32.2. The quantitative estimate of drug-likeness (QED) is 0.510. The molecule has 0 radical (unpaired) electrons. The van der Waals surface area contributed by atoms with Gasteiger partial charge in [-0.1, -0.05) is 5.92 Å². The minimum atomic E-state index is -3.79. The molecular weight excluding hydrogens is 397 g/mol. The van der Waals surface area contributed by atoms with Gasteiger partial charge in [-0.05, 0) is 48.5 Å². The Labute approximate surface area is 167 Å². The number of rotatable bonds is 7. The summed E-state index contributed by atoms with van der Waals surface area (Å²) < 4.78 is 42.0. The molecule has 3 aromatic rings. The molecule has 0 bridgehead atoms. The molecule has 148 valence electrons. The molecule has 0 saturated heterocycles. The summed E-state index contributed by atoms with van der Waals surface area (Å²) in [4.78, 5) is 7.95. The molecule has 0 aliphatic heterocycles. The lowest BCUT2D eigenvalue weighted by molar-refractivity contribution is 0.370. The maximum Gasteiger partial charge on any atom is 0.238 e. The summed E-state index contributed by atoms with van der Waals surface area (Å²) in [7, 11) is -3.79. The third-order valence-corrected chi connectivity index (χ3v) is 4.55. The Bertz CT molecular complexity index is 1140. The monoisotopic (exact) mass is 413 g/mol. The van der Waals surface area contributed by atoms with E-state index >= 15 is 0 Å². The molecule has 0 aliphatic carbocycles. The number of ether oxygens (including phenoxy) is 1. The Morgan fingerprint density at radius 2 is 1.69 bits per heavy atom. The van der Waals surface area contributed by atoms with Gasteiger partial charge in [-0.15, -0.1) is 6.42 Å². The first-order chi connectivity index (χ1) is 13.8. The number of sulfonamides is 1. The lowest BCUT2D eigenvalue weighted by Crippen LogP contribution is -2.11. The molecule has 0 aliphatic rings. The molecule has 1 heterocycles. The van der Waals surface area contributed by atoms with Crippen LogP contribution in [0.15, 0.2) is 59.6 Å². The lowest BCUT2D eigenvalue weighted by atomic mass is 10.3. The molecular formula is C19H16FN5O3S. The molecule has 0 saturated carbocycles. The Kier molecular flexibility index (Phi) is 5.92. The number of primary sulfonamides is 1. The maximum absolute atomic E-state index is 14.1. The van der Waals surface area contributed by atoms with Crippen LogP contribution in [-0.4, -0.2) is 25.0 Å². The average Bonchev–Trinajstić information content (AvgIpc) is 2.70. The summed E-state index contributed by atoms with van der Waals surface area (Å²) in [5.41, 5.74) is 1.09. The Morgan fingerprint density at radius 3 is 2.31 bits per heavy atom. The highest BCUT2D eigenvalue weighted by molar-refractivity contribution is 7.89. The van der Waals surface area contributed by atoms with Crippen LogP contribution in [0.2, 0.25) is 0 Å². The van der Waals surface area contributed by atoms with Crippen molar-refractivity contribution in [1.82, 2.24) is 9.97 Å². The van der Waals surface area contributed by atoms with Crippen molar-refractivity contribution < 1.29 is 17.5 Å². The zero-order valence-electron chi connectivity index (χ0n) is 15.0. The lowest BCUT2D eigenvalue weighted by Gasteiger charge is -2.10. The van der Waals surface area contributed by atoms with Gasteiger partial charge in [-0.3, -0.25) is 0 Å². The zero-order valence-corrected chi connectivity index (χ0v) is 15.8. The number of hydrogen-bond donors (Lipinski definition) is 3. The fraction of sp³-hybridized carbons (Fsp3) is 0.0526. The number of anilines is 4. The third kappa shape index (κ3) is 5.41. The molecule has 29 heavy (non-hydrogen) atoms. The van der Waals surface area contributed by atoms with E-state index in [1.807, 2.05) is 0 Å². The van der Waals surface area contributed by atoms with Crippen molar-refractivity contribution in [2.24, 2.45) is 5.14 Å². The van der Waals surface area contributed by atoms with Crippen LogP contribution >= 0.6 is 0 Å². The van der Waals surface area contributed by atoms with Crippen molar-refractivity contribution in [2.45, 2.75) is 4.90 Å². The minimum absolute atomic E-state index is 0.0277. The van der Waals surface area contributed by atoms with Crippen LogP contribution in [-0.2, 0) is 10.0 Å².